The first-order chi connectivity index (χ1) is 8.49. The minimum atomic E-state index is -0.347. The average Bonchev–Trinajstić information content (AvgIpc) is 2.32. The topological polar surface area (TPSA) is 72.4 Å². The fraction of sp³-hybridized carbons (Fsp3) is 0.500. The second-order valence-corrected chi connectivity index (χ2v) is 5.93. The van der Waals surface area contributed by atoms with E-state index in [1.54, 1.807) is 6.07 Å². The number of rotatable bonds is 2. The smallest absolute Gasteiger partial charge is 0.282 e. The van der Waals surface area contributed by atoms with Crippen LogP contribution in [0.1, 0.15) is 13.3 Å². The zero-order valence-corrected chi connectivity index (χ0v) is 12.3. The molecule has 1 aliphatic heterocycles. The minimum Gasteiger partial charge on any atom is -0.371 e. The van der Waals surface area contributed by atoms with Crippen molar-refractivity contribution in [2.45, 2.75) is 19.4 Å². The van der Waals surface area contributed by atoms with E-state index in [4.69, 9.17) is 5.73 Å². The number of hydrogen-bond acceptors (Lipinski definition) is 4. The summed E-state index contributed by atoms with van der Waals surface area (Å²) >= 11 is 2.01. The van der Waals surface area contributed by atoms with Gasteiger partial charge in [0.05, 0.1) is 8.49 Å². The molecule has 2 N–H and O–H groups in total. The Morgan fingerprint density at radius 3 is 2.83 bits per heavy atom. The van der Waals surface area contributed by atoms with Crippen molar-refractivity contribution in [1.29, 1.82) is 0 Å². The highest BCUT2D eigenvalue weighted by atomic mass is 127. The van der Waals surface area contributed by atoms with Gasteiger partial charge >= 0.3 is 0 Å². The molecule has 1 aliphatic rings. The van der Waals surface area contributed by atoms with Gasteiger partial charge in [-0.25, -0.2) is 0 Å². The molecule has 1 aromatic carbocycles. The number of anilines is 1. The third-order valence-electron chi connectivity index (χ3n) is 3.46. The Bertz CT molecular complexity index is 467. The van der Waals surface area contributed by atoms with Crippen molar-refractivity contribution in [3.8, 4) is 0 Å². The lowest BCUT2D eigenvalue weighted by Crippen LogP contribution is -2.46. The second kappa shape index (κ2) is 5.40. The summed E-state index contributed by atoms with van der Waals surface area (Å²) in [5.41, 5.74) is 7.21. The monoisotopic (exact) mass is 361 g/mol. The molecule has 18 heavy (non-hydrogen) atoms. The van der Waals surface area contributed by atoms with Crippen LogP contribution in [0.5, 0.6) is 0 Å². The largest absolute Gasteiger partial charge is 0.371 e. The van der Waals surface area contributed by atoms with Crippen molar-refractivity contribution in [3.05, 3.63) is 31.9 Å². The molecule has 2 rings (SSSR count). The fourth-order valence-corrected chi connectivity index (χ4v) is 2.93. The number of piperidine rings is 1. The van der Waals surface area contributed by atoms with E-state index in [-0.39, 0.29) is 16.7 Å². The number of hydrogen-bond donors (Lipinski definition) is 1. The van der Waals surface area contributed by atoms with Crippen LogP contribution in [-0.4, -0.2) is 24.1 Å². The highest BCUT2D eigenvalue weighted by molar-refractivity contribution is 14.1. The third-order valence-corrected chi connectivity index (χ3v) is 4.33. The Morgan fingerprint density at radius 2 is 2.28 bits per heavy atom. The zero-order valence-electron chi connectivity index (χ0n) is 10.2. The van der Waals surface area contributed by atoms with Gasteiger partial charge in [-0.3, -0.25) is 10.1 Å². The van der Waals surface area contributed by atoms with Gasteiger partial charge < -0.3 is 10.6 Å². The van der Waals surface area contributed by atoms with Gasteiger partial charge in [-0.1, -0.05) is 6.92 Å². The molecule has 0 bridgehead atoms. The molecule has 2 unspecified atom stereocenters. The highest BCUT2D eigenvalue weighted by Crippen LogP contribution is 2.28. The Hall–Kier alpha value is -0.890. The van der Waals surface area contributed by atoms with Gasteiger partial charge in [0, 0.05) is 30.9 Å². The molecule has 0 aromatic heterocycles. The van der Waals surface area contributed by atoms with Crippen molar-refractivity contribution in [2.75, 3.05) is 18.0 Å². The van der Waals surface area contributed by atoms with Crippen LogP contribution < -0.4 is 10.6 Å². The average molecular weight is 361 g/mol. The number of benzene rings is 1. The molecule has 1 fully saturated rings. The Kier molecular flexibility index (Phi) is 4.06. The van der Waals surface area contributed by atoms with Gasteiger partial charge in [-0.05, 0) is 47.1 Å². The lowest BCUT2D eigenvalue weighted by Gasteiger charge is -2.36. The number of nitrogens with zero attached hydrogens (tertiary/aromatic N) is 2. The number of halogens is 1. The van der Waals surface area contributed by atoms with Crippen LogP contribution >= 0.6 is 22.6 Å². The molecule has 1 aromatic rings. The van der Waals surface area contributed by atoms with E-state index in [2.05, 4.69) is 11.8 Å². The van der Waals surface area contributed by atoms with Crippen LogP contribution in [0.4, 0.5) is 11.4 Å². The summed E-state index contributed by atoms with van der Waals surface area (Å²) in [6.45, 7) is 3.97. The van der Waals surface area contributed by atoms with Gasteiger partial charge in [0.25, 0.3) is 5.69 Å². The van der Waals surface area contributed by atoms with Crippen LogP contribution in [0.15, 0.2) is 18.2 Å². The maximum atomic E-state index is 10.8. The lowest BCUT2D eigenvalue weighted by atomic mass is 9.94. The van der Waals surface area contributed by atoms with E-state index in [0.717, 1.165) is 25.2 Å². The highest BCUT2D eigenvalue weighted by Gasteiger charge is 2.24. The molecule has 98 valence electrons. The zero-order chi connectivity index (χ0) is 13.3. The minimum absolute atomic E-state index is 0.168. The predicted molar refractivity (Wildman–Crippen MR) is 79.8 cm³/mol. The van der Waals surface area contributed by atoms with Crippen molar-refractivity contribution in [1.82, 2.24) is 0 Å². The molecule has 2 atom stereocenters. The van der Waals surface area contributed by atoms with Gasteiger partial charge in [-0.15, -0.1) is 0 Å². The van der Waals surface area contributed by atoms with Crippen LogP contribution in [0.2, 0.25) is 0 Å². The fourth-order valence-electron chi connectivity index (χ4n) is 2.24. The van der Waals surface area contributed by atoms with Crippen molar-refractivity contribution in [3.63, 3.8) is 0 Å². The van der Waals surface area contributed by atoms with Crippen LogP contribution in [0.3, 0.4) is 0 Å². The molecule has 0 radical (unpaired) electrons. The van der Waals surface area contributed by atoms with Crippen LogP contribution in [0.25, 0.3) is 0 Å². The van der Waals surface area contributed by atoms with Crippen LogP contribution in [-0.2, 0) is 0 Å². The first-order valence-corrected chi connectivity index (χ1v) is 7.01. The summed E-state index contributed by atoms with van der Waals surface area (Å²) in [7, 11) is 0. The van der Waals surface area contributed by atoms with Crippen molar-refractivity contribution >= 4 is 34.0 Å². The summed E-state index contributed by atoms with van der Waals surface area (Å²) in [6.07, 6.45) is 0.967. The molecule has 0 aliphatic carbocycles. The lowest BCUT2D eigenvalue weighted by molar-refractivity contribution is -0.385. The maximum absolute atomic E-state index is 10.8. The number of nitro benzene ring substituents is 1. The molecule has 0 spiro atoms. The standard InChI is InChI=1S/C12H16IN3O2/c1-8-7-15(5-4-11(8)14)9-2-3-12(16(17)18)10(13)6-9/h2-3,6,8,11H,4-5,7,14H2,1H3. The first-order valence-electron chi connectivity index (χ1n) is 5.93. The summed E-state index contributed by atoms with van der Waals surface area (Å²) < 4.78 is 0.678. The van der Waals surface area contributed by atoms with Gasteiger partial charge in [0.1, 0.15) is 0 Å². The predicted octanol–water partition coefficient (Wildman–Crippen LogP) is 2.37. The molecule has 6 heteroatoms. The molecular formula is C12H16IN3O2. The number of nitro groups is 1. The molecule has 1 saturated heterocycles. The van der Waals surface area contributed by atoms with Gasteiger partial charge in [-0.2, -0.15) is 0 Å². The summed E-state index contributed by atoms with van der Waals surface area (Å²) in [4.78, 5) is 12.7. The quantitative estimate of drug-likeness (QED) is 0.499. The third kappa shape index (κ3) is 2.74. The van der Waals surface area contributed by atoms with Gasteiger partial charge in [0.15, 0.2) is 0 Å². The summed E-state index contributed by atoms with van der Waals surface area (Å²) in [5, 5.41) is 10.8. The first kappa shape index (κ1) is 13.5. The SMILES string of the molecule is CC1CN(c2ccc([N+](=O)[O-])c(I)c2)CCC1N. The normalized spacial score (nSPS) is 24.1. The van der Waals surface area contributed by atoms with E-state index in [1.165, 1.54) is 0 Å². The number of nitrogens with two attached hydrogens (primary N) is 1. The van der Waals surface area contributed by atoms with Crippen molar-refractivity contribution in [2.24, 2.45) is 11.7 Å². The molecule has 5 nitrogen and oxygen atoms in total. The van der Waals surface area contributed by atoms with E-state index in [1.807, 2.05) is 34.7 Å². The van der Waals surface area contributed by atoms with E-state index >= 15 is 0 Å². The Morgan fingerprint density at radius 1 is 1.56 bits per heavy atom. The summed E-state index contributed by atoms with van der Waals surface area (Å²) in [5.74, 6) is 0.451. The molecule has 1 heterocycles. The van der Waals surface area contributed by atoms with Gasteiger partial charge in [0.2, 0.25) is 0 Å². The van der Waals surface area contributed by atoms with Crippen molar-refractivity contribution < 1.29 is 4.92 Å². The van der Waals surface area contributed by atoms with E-state index in [9.17, 15) is 10.1 Å². The molecule has 0 saturated carbocycles. The second-order valence-electron chi connectivity index (χ2n) is 4.77. The summed E-state index contributed by atoms with van der Waals surface area (Å²) in [6, 6.07) is 5.54. The molecular weight excluding hydrogens is 345 g/mol. The van der Waals surface area contributed by atoms with E-state index in [0.29, 0.717) is 9.49 Å². The Labute approximate surface area is 120 Å². The molecule has 0 amide bonds. The van der Waals surface area contributed by atoms with E-state index < -0.39 is 0 Å². The maximum Gasteiger partial charge on any atom is 0.282 e. The Balaban J connectivity index is 2.19. The van der Waals surface area contributed by atoms with Crippen LogP contribution in [0, 0.1) is 19.6 Å².